The first-order chi connectivity index (χ1) is 11.2. The second kappa shape index (κ2) is 9.36. The Bertz CT molecular complexity index is 524. The molecule has 1 N–H and O–H groups in total. The maximum Gasteiger partial charge on any atom is 0.227 e. The summed E-state index contributed by atoms with van der Waals surface area (Å²) >= 11 is 0. The van der Waals surface area contributed by atoms with Gasteiger partial charge in [0, 0.05) is 12.5 Å². The minimum absolute atomic E-state index is 0.0729. The topological polar surface area (TPSA) is 41.6 Å². The molecule has 0 saturated carbocycles. The van der Waals surface area contributed by atoms with E-state index in [0.29, 0.717) is 6.61 Å². The number of anilines is 1. The summed E-state index contributed by atoms with van der Waals surface area (Å²) in [5, 5.41) is 3.03. The zero-order valence-corrected chi connectivity index (χ0v) is 14.3. The van der Waals surface area contributed by atoms with E-state index in [2.05, 4.69) is 36.2 Å². The molecule has 1 aliphatic rings. The van der Waals surface area contributed by atoms with Gasteiger partial charge in [-0.2, -0.15) is 0 Å². The van der Waals surface area contributed by atoms with Crippen molar-refractivity contribution >= 4 is 11.6 Å². The van der Waals surface area contributed by atoms with Crippen LogP contribution < -0.4 is 10.1 Å². The maximum atomic E-state index is 12.4. The van der Waals surface area contributed by atoms with Crippen LogP contribution in [0.5, 0.6) is 5.75 Å². The van der Waals surface area contributed by atoms with Gasteiger partial charge >= 0.3 is 0 Å². The van der Waals surface area contributed by atoms with Crippen LogP contribution in [0.1, 0.15) is 33.1 Å². The Morgan fingerprint density at radius 2 is 2.04 bits per heavy atom. The van der Waals surface area contributed by atoms with Gasteiger partial charge in [0.15, 0.2) is 0 Å². The molecule has 4 heteroatoms. The number of carbonyl (C=O) groups is 1. The van der Waals surface area contributed by atoms with Crippen molar-refractivity contribution in [1.82, 2.24) is 4.90 Å². The quantitative estimate of drug-likeness (QED) is 0.744. The number of amides is 1. The smallest absolute Gasteiger partial charge is 0.227 e. The Morgan fingerprint density at radius 3 is 2.74 bits per heavy atom. The molecule has 1 aliphatic carbocycles. The predicted molar refractivity (Wildman–Crippen MR) is 94.8 cm³/mol. The van der Waals surface area contributed by atoms with E-state index in [1.807, 2.05) is 24.3 Å². The summed E-state index contributed by atoms with van der Waals surface area (Å²) in [5.41, 5.74) is 0.770. The minimum Gasteiger partial charge on any atom is -0.490 e. The maximum absolute atomic E-state index is 12.4. The molecule has 0 bridgehead atoms. The third-order valence-corrected chi connectivity index (χ3v) is 4.34. The van der Waals surface area contributed by atoms with Crippen LogP contribution in [-0.4, -0.2) is 37.0 Å². The second-order valence-corrected chi connectivity index (χ2v) is 5.84. The fraction of sp³-hybridized carbons (Fsp3) is 0.526. The van der Waals surface area contributed by atoms with Crippen LogP contribution >= 0.6 is 0 Å². The molecule has 1 aromatic carbocycles. The number of likely N-dealkylation sites (N-methyl/N-ethyl adjacent to an activating group) is 1. The monoisotopic (exact) mass is 316 g/mol. The molecule has 0 radical (unpaired) electrons. The first-order valence-electron chi connectivity index (χ1n) is 8.64. The molecule has 0 aromatic heterocycles. The largest absolute Gasteiger partial charge is 0.490 e. The molecule has 1 atom stereocenters. The number of rotatable bonds is 8. The molecule has 1 unspecified atom stereocenters. The average molecular weight is 316 g/mol. The summed E-state index contributed by atoms with van der Waals surface area (Å²) in [4.78, 5) is 14.7. The van der Waals surface area contributed by atoms with Crippen molar-refractivity contribution in [2.45, 2.75) is 33.1 Å². The number of allylic oxidation sites excluding steroid dienone is 2. The Labute approximate surface area is 139 Å². The van der Waals surface area contributed by atoms with Crippen molar-refractivity contribution in [3.05, 3.63) is 36.4 Å². The lowest BCUT2D eigenvalue weighted by atomic mass is 9.93. The van der Waals surface area contributed by atoms with Gasteiger partial charge in [0.1, 0.15) is 12.4 Å². The number of hydrogen-bond donors (Lipinski definition) is 1. The Balaban J connectivity index is 1.91. The molecule has 126 valence electrons. The molecule has 1 aromatic rings. The zero-order chi connectivity index (χ0) is 16.5. The summed E-state index contributed by atoms with van der Waals surface area (Å²) in [7, 11) is 0. The third-order valence-electron chi connectivity index (χ3n) is 4.34. The zero-order valence-electron chi connectivity index (χ0n) is 14.3. The SMILES string of the molecule is CCN(CC)CCOc1ccccc1NC(=O)C1CC=CCC1. The molecule has 0 fully saturated rings. The van der Waals surface area contributed by atoms with Crippen LogP contribution in [0.3, 0.4) is 0 Å². The van der Waals surface area contributed by atoms with Crippen LogP contribution in [0.15, 0.2) is 36.4 Å². The number of nitrogens with one attached hydrogen (secondary N) is 1. The first-order valence-corrected chi connectivity index (χ1v) is 8.64. The van der Waals surface area contributed by atoms with E-state index in [-0.39, 0.29) is 11.8 Å². The highest BCUT2D eigenvalue weighted by Crippen LogP contribution is 2.26. The third kappa shape index (κ3) is 5.39. The standard InChI is InChI=1S/C19H28N2O2/c1-3-21(4-2)14-15-23-18-13-9-8-12-17(18)20-19(22)16-10-6-5-7-11-16/h5-6,8-9,12-13,16H,3-4,7,10-11,14-15H2,1-2H3,(H,20,22). The van der Waals surface area contributed by atoms with Gasteiger partial charge < -0.3 is 15.0 Å². The van der Waals surface area contributed by atoms with Crippen molar-refractivity contribution in [3.8, 4) is 5.75 Å². The number of ether oxygens (including phenoxy) is 1. The van der Waals surface area contributed by atoms with E-state index < -0.39 is 0 Å². The Morgan fingerprint density at radius 1 is 1.26 bits per heavy atom. The van der Waals surface area contributed by atoms with Gasteiger partial charge in [-0.3, -0.25) is 4.79 Å². The highest BCUT2D eigenvalue weighted by Gasteiger charge is 2.19. The van der Waals surface area contributed by atoms with Crippen molar-refractivity contribution in [2.24, 2.45) is 5.92 Å². The molecule has 1 amide bonds. The molecule has 4 nitrogen and oxygen atoms in total. The molecule has 23 heavy (non-hydrogen) atoms. The van der Waals surface area contributed by atoms with Gasteiger partial charge in [0.2, 0.25) is 5.91 Å². The van der Waals surface area contributed by atoms with Crippen molar-refractivity contribution in [1.29, 1.82) is 0 Å². The highest BCUT2D eigenvalue weighted by atomic mass is 16.5. The first kappa shape index (κ1) is 17.5. The summed E-state index contributed by atoms with van der Waals surface area (Å²) in [5.74, 6) is 0.914. The molecule has 0 aliphatic heterocycles. The summed E-state index contributed by atoms with van der Waals surface area (Å²) in [6.45, 7) is 7.86. The van der Waals surface area contributed by atoms with E-state index in [0.717, 1.165) is 50.3 Å². The highest BCUT2D eigenvalue weighted by molar-refractivity contribution is 5.94. The fourth-order valence-electron chi connectivity index (χ4n) is 2.79. The van der Waals surface area contributed by atoms with E-state index in [1.54, 1.807) is 0 Å². The summed E-state index contributed by atoms with van der Waals surface area (Å²) < 4.78 is 5.89. The van der Waals surface area contributed by atoms with Crippen LogP contribution in [-0.2, 0) is 4.79 Å². The number of para-hydroxylation sites is 2. The van der Waals surface area contributed by atoms with Crippen molar-refractivity contribution < 1.29 is 9.53 Å². The van der Waals surface area contributed by atoms with Gasteiger partial charge in [-0.25, -0.2) is 0 Å². The van der Waals surface area contributed by atoms with Crippen LogP contribution in [0.2, 0.25) is 0 Å². The van der Waals surface area contributed by atoms with Crippen LogP contribution in [0.4, 0.5) is 5.69 Å². The number of benzene rings is 1. The van der Waals surface area contributed by atoms with Gasteiger partial charge in [-0.15, -0.1) is 0 Å². The number of hydrogen-bond acceptors (Lipinski definition) is 3. The van der Waals surface area contributed by atoms with E-state index in [1.165, 1.54) is 0 Å². The summed E-state index contributed by atoms with van der Waals surface area (Å²) in [6, 6.07) is 7.68. The second-order valence-electron chi connectivity index (χ2n) is 5.84. The van der Waals surface area contributed by atoms with Gasteiger partial charge in [-0.05, 0) is 44.5 Å². The molecule has 0 saturated heterocycles. The van der Waals surface area contributed by atoms with E-state index >= 15 is 0 Å². The van der Waals surface area contributed by atoms with Crippen LogP contribution in [0.25, 0.3) is 0 Å². The van der Waals surface area contributed by atoms with Crippen molar-refractivity contribution in [2.75, 3.05) is 31.6 Å². The number of nitrogens with zero attached hydrogens (tertiary/aromatic N) is 1. The lowest BCUT2D eigenvalue weighted by molar-refractivity contribution is -0.120. The summed E-state index contributed by atoms with van der Waals surface area (Å²) in [6.07, 6.45) is 6.98. The predicted octanol–water partition coefficient (Wildman–Crippen LogP) is 3.70. The van der Waals surface area contributed by atoms with E-state index in [4.69, 9.17) is 4.74 Å². The van der Waals surface area contributed by atoms with Crippen LogP contribution in [0, 0.1) is 5.92 Å². The van der Waals surface area contributed by atoms with Gasteiger partial charge in [-0.1, -0.05) is 38.1 Å². The average Bonchev–Trinajstić information content (AvgIpc) is 2.61. The Hall–Kier alpha value is -1.81. The van der Waals surface area contributed by atoms with Crippen molar-refractivity contribution in [3.63, 3.8) is 0 Å². The van der Waals surface area contributed by atoms with E-state index in [9.17, 15) is 4.79 Å². The number of carbonyl (C=O) groups excluding carboxylic acids is 1. The molecule has 2 rings (SSSR count). The molecule has 0 heterocycles. The molecular weight excluding hydrogens is 288 g/mol. The van der Waals surface area contributed by atoms with Gasteiger partial charge in [0.25, 0.3) is 0 Å². The molecule has 0 spiro atoms. The normalized spacial score (nSPS) is 17.3. The lowest BCUT2D eigenvalue weighted by Gasteiger charge is -2.20. The molecular formula is C19H28N2O2. The fourth-order valence-corrected chi connectivity index (χ4v) is 2.79. The lowest BCUT2D eigenvalue weighted by Crippen LogP contribution is -2.28. The van der Waals surface area contributed by atoms with Gasteiger partial charge in [0.05, 0.1) is 5.69 Å². The minimum atomic E-state index is 0.0729. The Kier molecular flexibility index (Phi) is 7.14.